The molecule has 0 radical (unpaired) electrons. The third-order valence-electron chi connectivity index (χ3n) is 11.8. The lowest BCUT2D eigenvalue weighted by molar-refractivity contribution is 1.19. The van der Waals surface area contributed by atoms with Gasteiger partial charge in [-0.15, -0.1) is 0 Å². The van der Waals surface area contributed by atoms with Crippen molar-refractivity contribution in [3.05, 3.63) is 243 Å². The molecular formula is C58H40N2. The summed E-state index contributed by atoms with van der Waals surface area (Å²) in [6.45, 7) is 0. The van der Waals surface area contributed by atoms with Crippen molar-refractivity contribution in [2.75, 3.05) is 4.90 Å². The molecule has 282 valence electrons. The maximum Gasteiger partial charge on any atom is 0.0618 e. The molecule has 10 aromatic carbocycles. The number of para-hydroxylation sites is 2. The van der Waals surface area contributed by atoms with Gasteiger partial charge in [-0.3, -0.25) is 0 Å². The normalized spacial score (nSPS) is 11.3. The van der Waals surface area contributed by atoms with Gasteiger partial charge >= 0.3 is 0 Å². The zero-order chi connectivity index (χ0) is 39.8. The summed E-state index contributed by atoms with van der Waals surface area (Å²) >= 11 is 0. The number of hydrogen-bond donors (Lipinski definition) is 0. The highest BCUT2D eigenvalue weighted by atomic mass is 15.1. The van der Waals surface area contributed by atoms with Gasteiger partial charge in [0, 0.05) is 38.7 Å². The quantitative estimate of drug-likeness (QED) is 0.150. The van der Waals surface area contributed by atoms with Crippen LogP contribution in [0.15, 0.2) is 243 Å². The van der Waals surface area contributed by atoms with Crippen molar-refractivity contribution >= 4 is 49.6 Å². The first kappa shape index (κ1) is 35.2. The van der Waals surface area contributed by atoms with Gasteiger partial charge < -0.3 is 9.47 Å². The molecule has 11 rings (SSSR count). The van der Waals surface area contributed by atoms with Gasteiger partial charge in [-0.05, 0) is 75.2 Å². The highest BCUT2D eigenvalue weighted by Crippen LogP contribution is 2.45. The van der Waals surface area contributed by atoms with Crippen LogP contribution in [-0.2, 0) is 0 Å². The van der Waals surface area contributed by atoms with Crippen LogP contribution in [0.1, 0.15) is 0 Å². The van der Waals surface area contributed by atoms with Crippen LogP contribution < -0.4 is 4.90 Å². The lowest BCUT2D eigenvalue weighted by atomic mass is 9.97. The minimum atomic E-state index is 1.08. The number of anilines is 3. The van der Waals surface area contributed by atoms with E-state index in [1.165, 1.54) is 66.1 Å². The monoisotopic (exact) mass is 764 g/mol. The Morgan fingerprint density at radius 2 is 0.767 bits per heavy atom. The minimum absolute atomic E-state index is 1.08. The zero-order valence-corrected chi connectivity index (χ0v) is 33.0. The van der Waals surface area contributed by atoms with Gasteiger partial charge in [-0.25, -0.2) is 0 Å². The molecule has 1 heterocycles. The van der Waals surface area contributed by atoms with Crippen molar-refractivity contribution < 1.29 is 0 Å². The summed E-state index contributed by atoms with van der Waals surface area (Å²) in [5, 5.41) is 4.86. The number of benzene rings is 10. The molecule has 0 saturated heterocycles. The van der Waals surface area contributed by atoms with Gasteiger partial charge in [0.15, 0.2) is 0 Å². The third-order valence-corrected chi connectivity index (χ3v) is 11.8. The van der Waals surface area contributed by atoms with E-state index in [1.54, 1.807) is 0 Å². The van der Waals surface area contributed by atoms with Gasteiger partial charge in [-0.1, -0.05) is 206 Å². The lowest BCUT2D eigenvalue weighted by Gasteiger charge is -2.28. The Morgan fingerprint density at radius 1 is 0.283 bits per heavy atom. The second-order valence-corrected chi connectivity index (χ2v) is 15.3. The predicted molar refractivity (Wildman–Crippen MR) is 255 cm³/mol. The van der Waals surface area contributed by atoms with Crippen LogP contribution in [0.5, 0.6) is 0 Å². The van der Waals surface area contributed by atoms with Crippen LogP contribution in [0.3, 0.4) is 0 Å². The molecule has 0 fully saturated rings. The smallest absolute Gasteiger partial charge is 0.0618 e. The second kappa shape index (κ2) is 15.1. The lowest BCUT2D eigenvalue weighted by Crippen LogP contribution is -2.11. The molecule has 2 heteroatoms. The molecule has 0 amide bonds. The first-order chi connectivity index (χ1) is 29.8. The van der Waals surface area contributed by atoms with Crippen LogP contribution >= 0.6 is 0 Å². The van der Waals surface area contributed by atoms with E-state index < -0.39 is 0 Å². The van der Waals surface area contributed by atoms with Gasteiger partial charge in [-0.2, -0.15) is 0 Å². The standard InChI is InChI=1S/C58H40N2/c1-4-16-41(17-5-1)43-28-30-47(31-29-43)50-23-12-14-26-55(50)59(48-35-32-44(33-36-48)42-18-6-2-7-19-42)49-37-39-54-53-25-13-15-27-56(53)60(57(54)40-49)58-51-24-11-10-22-46(51)34-38-52(58)45-20-8-3-9-21-45/h1-40H. The Balaban J connectivity index is 1.15. The average Bonchev–Trinajstić information content (AvgIpc) is 3.66. The molecule has 0 aliphatic carbocycles. The predicted octanol–water partition coefficient (Wildman–Crippen LogP) is 16.1. The van der Waals surface area contributed by atoms with Crippen LogP contribution in [0, 0.1) is 0 Å². The molecule has 0 bridgehead atoms. The van der Waals surface area contributed by atoms with Crippen molar-refractivity contribution in [3.8, 4) is 50.2 Å². The van der Waals surface area contributed by atoms with E-state index >= 15 is 0 Å². The van der Waals surface area contributed by atoms with Crippen molar-refractivity contribution in [1.82, 2.24) is 4.57 Å². The Morgan fingerprint density at radius 3 is 1.47 bits per heavy atom. The SMILES string of the molecule is c1ccc(-c2ccc(-c3ccccc3N(c3ccc(-c4ccccc4)cc3)c3ccc4c5ccccc5n(-c5c(-c6ccccc6)ccc6ccccc56)c4c3)cc2)cc1. The van der Waals surface area contributed by atoms with Gasteiger partial charge in [0.2, 0.25) is 0 Å². The summed E-state index contributed by atoms with van der Waals surface area (Å²) in [4.78, 5) is 2.43. The molecule has 0 atom stereocenters. The molecule has 0 aliphatic rings. The van der Waals surface area contributed by atoms with Crippen LogP contribution in [0.25, 0.3) is 82.8 Å². The van der Waals surface area contributed by atoms with E-state index in [0.717, 1.165) is 33.7 Å². The van der Waals surface area contributed by atoms with E-state index in [9.17, 15) is 0 Å². The molecule has 0 spiro atoms. The Bertz CT molecular complexity index is 3270. The number of aromatic nitrogens is 1. The van der Waals surface area contributed by atoms with Crippen molar-refractivity contribution in [1.29, 1.82) is 0 Å². The summed E-state index contributed by atoms with van der Waals surface area (Å²) in [7, 11) is 0. The Kier molecular flexibility index (Phi) is 8.87. The van der Waals surface area contributed by atoms with E-state index in [0.29, 0.717) is 0 Å². The number of fused-ring (bicyclic) bond motifs is 4. The number of hydrogen-bond acceptors (Lipinski definition) is 1. The van der Waals surface area contributed by atoms with Crippen molar-refractivity contribution in [3.63, 3.8) is 0 Å². The highest BCUT2D eigenvalue weighted by molar-refractivity contribution is 6.13. The largest absolute Gasteiger partial charge is 0.310 e. The average molecular weight is 765 g/mol. The molecule has 0 aliphatic heterocycles. The molecule has 1 aromatic heterocycles. The van der Waals surface area contributed by atoms with E-state index in [2.05, 4.69) is 252 Å². The zero-order valence-electron chi connectivity index (χ0n) is 33.0. The maximum absolute atomic E-state index is 2.50. The summed E-state index contributed by atoms with van der Waals surface area (Å²) in [5.74, 6) is 0. The van der Waals surface area contributed by atoms with E-state index in [4.69, 9.17) is 0 Å². The number of nitrogens with zero attached hydrogens (tertiary/aromatic N) is 2. The summed E-state index contributed by atoms with van der Waals surface area (Å²) in [6, 6.07) is 87.9. The van der Waals surface area contributed by atoms with Crippen molar-refractivity contribution in [2.24, 2.45) is 0 Å². The maximum atomic E-state index is 2.50. The fourth-order valence-electron chi connectivity index (χ4n) is 8.93. The van der Waals surface area contributed by atoms with Crippen LogP contribution in [0.4, 0.5) is 17.1 Å². The fourth-order valence-corrected chi connectivity index (χ4v) is 8.93. The molecular weight excluding hydrogens is 725 g/mol. The summed E-state index contributed by atoms with van der Waals surface area (Å²) < 4.78 is 2.50. The molecule has 0 unspecified atom stereocenters. The van der Waals surface area contributed by atoms with E-state index in [-0.39, 0.29) is 0 Å². The highest BCUT2D eigenvalue weighted by Gasteiger charge is 2.22. The van der Waals surface area contributed by atoms with Crippen LogP contribution in [0.2, 0.25) is 0 Å². The minimum Gasteiger partial charge on any atom is -0.310 e. The first-order valence-electron chi connectivity index (χ1n) is 20.6. The van der Waals surface area contributed by atoms with Crippen molar-refractivity contribution in [2.45, 2.75) is 0 Å². The fraction of sp³-hybridized carbons (Fsp3) is 0. The van der Waals surface area contributed by atoms with E-state index in [1.807, 2.05) is 0 Å². The molecule has 60 heavy (non-hydrogen) atoms. The number of rotatable bonds is 8. The topological polar surface area (TPSA) is 8.17 Å². The third kappa shape index (κ3) is 6.23. The molecule has 11 aromatic rings. The van der Waals surface area contributed by atoms with Gasteiger partial charge in [0.05, 0.1) is 22.4 Å². The van der Waals surface area contributed by atoms with Gasteiger partial charge in [0.1, 0.15) is 0 Å². The second-order valence-electron chi connectivity index (χ2n) is 15.3. The van der Waals surface area contributed by atoms with Crippen LogP contribution in [-0.4, -0.2) is 4.57 Å². The first-order valence-corrected chi connectivity index (χ1v) is 20.6. The summed E-state index contributed by atoms with van der Waals surface area (Å²) in [5.41, 5.74) is 16.3. The molecule has 0 saturated carbocycles. The van der Waals surface area contributed by atoms with Gasteiger partial charge in [0.25, 0.3) is 0 Å². The molecule has 0 N–H and O–H groups in total. The Hall–Kier alpha value is -7.94. The Labute approximate surface area is 350 Å². The molecule has 2 nitrogen and oxygen atoms in total. The summed E-state index contributed by atoms with van der Waals surface area (Å²) in [6.07, 6.45) is 0.